The van der Waals surface area contributed by atoms with Crippen LogP contribution in [0.1, 0.15) is 25.8 Å². The summed E-state index contributed by atoms with van der Waals surface area (Å²) in [6.07, 6.45) is 0.585. The molecule has 100 valence electrons. The average molecular weight is 249 g/mol. The second-order valence-corrected chi connectivity index (χ2v) is 4.63. The monoisotopic (exact) mass is 249 g/mol. The lowest BCUT2D eigenvalue weighted by Gasteiger charge is -2.11. The molecule has 1 aromatic rings. The Morgan fingerprint density at radius 2 is 2.06 bits per heavy atom. The number of ether oxygens (including phenoxy) is 1. The quantitative estimate of drug-likeness (QED) is 0.730. The smallest absolute Gasteiger partial charge is 0.146 e. The van der Waals surface area contributed by atoms with E-state index in [2.05, 4.69) is 12.2 Å². The van der Waals surface area contributed by atoms with Gasteiger partial charge in [0, 0.05) is 13.0 Å². The molecule has 0 saturated heterocycles. The van der Waals surface area contributed by atoms with Crippen molar-refractivity contribution in [2.45, 2.75) is 26.9 Å². The minimum Gasteiger partial charge on any atom is -0.376 e. The summed E-state index contributed by atoms with van der Waals surface area (Å²) in [4.78, 5) is 11.5. The molecule has 1 aromatic carbocycles. The molecule has 1 unspecified atom stereocenters. The van der Waals surface area contributed by atoms with Gasteiger partial charge in [-0.3, -0.25) is 4.79 Å². The first-order valence-corrected chi connectivity index (χ1v) is 6.56. The van der Waals surface area contributed by atoms with E-state index in [1.165, 1.54) is 5.56 Å². The number of nitrogens with one attached hydrogen (secondary N) is 1. The van der Waals surface area contributed by atoms with E-state index in [0.29, 0.717) is 26.2 Å². The third-order valence-electron chi connectivity index (χ3n) is 2.66. The molecule has 1 atom stereocenters. The van der Waals surface area contributed by atoms with E-state index in [-0.39, 0.29) is 11.7 Å². The summed E-state index contributed by atoms with van der Waals surface area (Å²) in [5.74, 6) is 0.535. The fourth-order valence-electron chi connectivity index (χ4n) is 1.74. The van der Waals surface area contributed by atoms with Crippen LogP contribution in [0.3, 0.4) is 0 Å². The fraction of sp³-hybridized carbons (Fsp3) is 0.533. The Morgan fingerprint density at radius 1 is 1.33 bits per heavy atom. The van der Waals surface area contributed by atoms with E-state index in [4.69, 9.17) is 4.74 Å². The second-order valence-electron chi connectivity index (χ2n) is 4.63. The number of Topliss-reactive ketones (excluding diaryl/α,β-unsaturated/α-hetero) is 1. The normalized spacial score (nSPS) is 12.3. The molecule has 0 bridgehead atoms. The SMILES string of the molecule is CCNCC(=O)CC(C)COCc1ccccc1. The highest BCUT2D eigenvalue weighted by Crippen LogP contribution is 2.06. The van der Waals surface area contributed by atoms with Gasteiger partial charge in [0.25, 0.3) is 0 Å². The highest BCUT2D eigenvalue weighted by molar-refractivity contribution is 5.80. The Hall–Kier alpha value is -1.19. The zero-order valence-electron chi connectivity index (χ0n) is 11.3. The summed E-state index contributed by atoms with van der Waals surface area (Å²) < 4.78 is 5.61. The summed E-state index contributed by atoms with van der Waals surface area (Å²) in [6, 6.07) is 10.1. The topological polar surface area (TPSA) is 38.3 Å². The van der Waals surface area contributed by atoms with E-state index in [0.717, 1.165) is 6.54 Å². The lowest BCUT2D eigenvalue weighted by molar-refractivity contribution is -0.119. The van der Waals surface area contributed by atoms with Crippen LogP contribution in [0.4, 0.5) is 0 Å². The number of carbonyl (C=O) groups excluding carboxylic acids is 1. The van der Waals surface area contributed by atoms with E-state index in [1.807, 2.05) is 37.3 Å². The van der Waals surface area contributed by atoms with E-state index in [9.17, 15) is 4.79 Å². The van der Waals surface area contributed by atoms with Gasteiger partial charge < -0.3 is 10.1 Å². The highest BCUT2D eigenvalue weighted by Gasteiger charge is 2.08. The minimum absolute atomic E-state index is 0.257. The molecule has 3 heteroatoms. The first-order valence-electron chi connectivity index (χ1n) is 6.56. The number of rotatable bonds is 9. The van der Waals surface area contributed by atoms with Crippen molar-refractivity contribution in [2.75, 3.05) is 19.7 Å². The van der Waals surface area contributed by atoms with Crippen LogP contribution in [0.15, 0.2) is 30.3 Å². The first kappa shape index (κ1) is 14.9. The Kier molecular flexibility index (Phi) is 7.30. The van der Waals surface area contributed by atoms with Gasteiger partial charge in [0.2, 0.25) is 0 Å². The third-order valence-corrected chi connectivity index (χ3v) is 2.66. The van der Waals surface area contributed by atoms with E-state index >= 15 is 0 Å². The van der Waals surface area contributed by atoms with Gasteiger partial charge in [-0.2, -0.15) is 0 Å². The first-order chi connectivity index (χ1) is 8.72. The van der Waals surface area contributed by atoms with Crippen LogP contribution in [0.2, 0.25) is 0 Å². The van der Waals surface area contributed by atoms with E-state index in [1.54, 1.807) is 0 Å². The van der Waals surface area contributed by atoms with Crippen LogP contribution in [0, 0.1) is 5.92 Å². The fourth-order valence-corrected chi connectivity index (χ4v) is 1.74. The second kappa shape index (κ2) is 8.84. The molecule has 0 amide bonds. The molecule has 0 aliphatic rings. The molecule has 0 aromatic heterocycles. The summed E-state index contributed by atoms with van der Waals surface area (Å²) in [5.41, 5.74) is 1.17. The van der Waals surface area contributed by atoms with Gasteiger partial charge in [0.1, 0.15) is 5.78 Å². The standard InChI is InChI=1S/C15H23NO2/c1-3-16-10-15(17)9-13(2)11-18-12-14-7-5-4-6-8-14/h4-8,13,16H,3,9-12H2,1-2H3. The minimum atomic E-state index is 0.257. The number of likely N-dealkylation sites (N-methyl/N-ethyl adjacent to an activating group) is 1. The summed E-state index contributed by atoms with van der Waals surface area (Å²) in [7, 11) is 0. The van der Waals surface area contributed by atoms with Crippen molar-refractivity contribution in [3.05, 3.63) is 35.9 Å². The highest BCUT2D eigenvalue weighted by atomic mass is 16.5. The summed E-state index contributed by atoms with van der Waals surface area (Å²) in [6.45, 7) is 6.61. The zero-order valence-corrected chi connectivity index (χ0v) is 11.3. The molecule has 0 radical (unpaired) electrons. The van der Waals surface area contributed by atoms with Crippen molar-refractivity contribution in [3.8, 4) is 0 Å². The molecule has 1 N–H and O–H groups in total. The van der Waals surface area contributed by atoms with Crippen molar-refractivity contribution in [3.63, 3.8) is 0 Å². The maximum atomic E-state index is 11.5. The summed E-state index contributed by atoms with van der Waals surface area (Å²) >= 11 is 0. The van der Waals surface area contributed by atoms with Gasteiger partial charge in [-0.05, 0) is 18.0 Å². The lowest BCUT2D eigenvalue weighted by Crippen LogP contribution is -2.24. The Morgan fingerprint density at radius 3 is 2.72 bits per heavy atom. The predicted molar refractivity (Wildman–Crippen MR) is 73.4 cm³/mol. The number of hydrogen-bond acceptors (Lipinski definition) is 3. The molecule has 0 aliphatic heterocycles. The number of ketones is 1. The average Bonchev–Trinajstić information content (AvgIpc) is 2.37. The van der Waals surface area contributed by atoms with Crippen LogP contribution in [0.5, 0.6) is 0 Å². The van der Waals surface area contributed by atoms with Gasteiger partial charge in [-0.25, -0.2) is 0 Å². The maximum absolute atomic E-state index is 11.5. The van der Waals surface area contributed by atoms with Gasteiger partial charge in [-0.1, -0.05) is 44.2 Å². The molecule has 0 saturated carbocycles. The van der Waals surface area contributed by atoms with Crippen molar-refractivity contribution in [1.82, 2.24) is 5.32 Å². The number of carbonyl (C=O) groups is 1. The zero-order chi connectivity index (χ0) is 13.2. The largest absolute Gasteiger partial charge is 0.376 e. The molecule has 0 fully saturated rings. The van der Waals surface area contributed by atoms with Crippen molar-refractivity contribution in [2.24, 2.45) is 5.92 Å². The molecule has 0 spiro atoms. The molecular weight excluding hydrogens is 226 g/mol. The van der Waals surface area contributed by atoms with E-state index < -0.39 is 0 Å². The Balaban J connectivity index is 2.13. The van der Waals surface area contributed by atoms with Crippen molar-refractivity contribution >= 4 is 5.78 Å². The number of benzene rings is 1. The maximum Gasteiger partial charge on any atom is 0.146 e. The van der Waals surface area contributed by atoms with Crippen LogP contribution in [-0.4, -0.2) is 25.5 Å². The third kappa shape index (κ3) is 6.52. The van der Waals surface area contributed by atoms with Crippen LogP contribution >= 0.6 is 0 Å². The molecule has 1 rings (SSSR count). The Bertz CT molecular complexity index is 338. The summed E-state index contributed by atoms with van der Waals surface area (Å²) in [5, 5.41) is 3.04. The van der Waals surface area contributed by atoms with Crippen LogP contribution in [0.25, 0.3) is 0 Å². The molecular formula is C15H23NO2. The molecule has 3 nitrogen and oxygen atoms in total. The van der Waals surface area contributed by atoms with Gasteiger partial charge in [0.15, 0.2) is 0 Å². The van der Waals surface area contributed by atoms with Gasteiger partial charge in [0.05, 0.1) is 13.2 Å². The molecule has 0 heterocycles. The van der Waals surface area contributed by atoms with Crippen LogP contribution in [-0.2, 0) is 16.1 Å². The molecule has 18 heavy (non-hydrogen) atoms. The predicted octanol–water partition coefficient (Wildman–Crippen LogP) is 2.41. The van der Waals surface area contributed by atoms with Gasteiger partial charge >= 0.3 is 0 Å². The van der Waals surface area contributed by atoms with Gasteiger partial charge in [-0.15, -0.1) is 0 Å². The van der Waals surface area contributed by atoms with Crippen LogP contribution < -0.4 is 5.32 Å². The van der Waals surface area contributed by atoms with Crippen molar-refractivity contribution in [1.29, 1.82) is 0 Å². The molecule has 0 aliphatic carbocycles. The lowest BCUT2D eigenvalue weighted by atomic mass is 10.1. The number of hydrogen-bond donors (Lipinski definition) is 1. The Labute approximate surface area is 110 Å². The van der Waals surface area contributed by atoms with Crippen molar-refractivity contribution < 1.29 is 9.53 Å².